The second-order valence-electron chi connectivity index (χ2n) is 27.8. The molecule has 8 aromatic rings. The van der Waals surface area contributed by atoms with Gasteiger partial charge in [0.15, 0.2) is 0 Å². The molecule has 8 rings (SSSR count). The Bertz CT molecular complexity index is 3250. The Balaban J connectivity index is 0.00000152. The Morgan fingerprint density at radius 1 is 0.333 bits per heavy atom. The van der Waals surface area contributed by atoms with Crippen molar-refractivity contribution in [1.29, 1.82) is 0 Å². The van der Waals surface area contributed by atoms with Crippen molar-refractivity contribution in [1.82, 2.24) is 4.90 Å². The van der Waals surface area contributed by atoms with Gasteiger partial charge in [-0.25, -0.2) is 0 Å². The molecule has 0 aliphatic heterocycles. The Kier molecular flexibility index (Phi) is 26.5. The monoisotopic (exact) mass is 1370 g/mol. The van der Waals surface area contributed by atoms with E-state index < -0.39 is 15.8 Å². The summed E-state index contributed by atoms with van der Waals surface area (Å²) >= 11 is -0.346. The van der Waals surface area contributed by atoms with E-state index in [-0.39, 0.29) is 15.1 Å². The van der Waals surface area contributed by atoms with Crippen LogP contribution in [0.4, 0.5) is 22.7 Å². The van der Waals surface area contributed by atoms with Gasteiger partial charge in [-0.15, -0.1) is 0 Å². The fourth-order valence-corrected chi connectivity index (χ4v) is 18.2. The first-order chi connectivity index (χ1) is 42.3. The van der Waals surface area contributed by atoms with Crippen LogP contribution in [0.1, 0.15) is 203 Å². The molecule has 6 nitrogen and oxygen atoms in total. The van der Waals surface area contributed by atoms with Gasteiger partial charge < -0.3 is 29.3 Å². The summed E-state index contributed by atoms with van der Waals surface area (Å²) in [5, 5.41) is 13.6. The number of benzene rings is 8. The third kappa shape index (κ3) is 16.3. The molecular formula is C79H106Cl2N5OP2Ru-. The quantitative estimate of drug-likeness (QED) is 0.0329. The van der Waals surface area contributed by atoms with Crippen molar-refractivity contribution in [3.8, 4) is 11.1 Å². The molecular weight excluding hydrogens is 1270 g/mol. The molecule has 11 heteroatoms. The molecule has 0 aliphatic rings. The molecule has 0 bridgehead atoms. The average molecular weight is 1380 g/mol. The first-order valence-corrected chi connectivity index (χ1v) is 39.5. The zero-order valence-corrected chi connectivity index (χ0v) is 64.4. The van der Waals surface area contributed by atoms with Crippen LogP contribution in [0.25, 0.3) is 32.7 Å². The number of anilines is 4. The summed E-state index contributed by atoms with van der Waals surface area (Å²) in [5.74, 6) is 2.56. The van der Waals surface area contributed by atoms with Crippen LogP contribution in [0.3, 0.4) is 0 Å². The van der Waals surface area contributed by atoms with Gasteiger partial charge in [-0.05, 0) is 235 Å². The number of halogens is 2. The number of hydrogen-bond donors (Lipinski definition) is 0. The summed E-state index contributed by atoms with van der Waals surface area (Å²) in [4.78, 5) is 20.1. The molecule has 0 fully saturated rings. The fourth-order valence-electron chi connectivity index (χ4n) is 13.0. The van der Waals surface area contributed by atoms with Crippen molar-refractivity contribution in [2.24, 2.45) is 0 Å². The van der Waals surface area contributed by atoms with Crippen LogP contribution in [0, 0.1) is 0 Å². The summed E-state index contributed by atoms with van der Waals surface area (Å²) < 4.78 is 0. The fraction of sp³-hybridized carbons (Fsp3) is 0.430. The Morgan fingerprint density at radius 2 is 0.522 bits per heavy atom. The molecule has 0 N–H and O–H groups in total. The van der Waals surface area contributed by atoms with E-state index in [0.29, 0.717) is 47.3 Å². The molecule has 1 amide bonds. The molecule has 0 unspecified atom stereocenters. The summed E-state index contributed by atoms with van der Waals surface area (Å²) in [6, 6.07) is 49.8. The number of amides is 1. The number of hydrogen-bond acceptors (Lipinski definition) is 5. The summed E-state index contributed by atoms with van der Waals surface area (Å²) in [7, 11) is 28.5. The summed E-state index contributed by atoms with van der Waals surface area (Å²) in [6.45, 7) is 38.3. The normalized spacial score (nSPS) is 11.8. The molecule has 0 heterocycles. The van der Waals surface area contributed by atoms with Crippen molar-refractivity contribution in [2.45, 2.75) is 158 Å². The van der Waals surface area contributed by atoms with E-state index in [4.69, 9.17) is 19.4 Å². The van der Waals surface area contributed by atoms with Crippen molar-refractivity contribution < 1.29 is 19.9 Å². The topological polar surface area (TPSA) is 33.3 Å². The van der Waals surface area contributed by atoms with E-state index in [0.717, 1.165) is 0 Å². The van der Waals surface area contributed by atoms with Crippen LogP contribution in [-0.2, 0) is 19.9 Å². The van der Waals surface area contributed by atoms with Gasteiger partial charge in [-0.1, -0.05) is 184 Å². The van der Waals surface area contributed by atoms with Gasteiger partial charge in [0.2, 0.25) is 0 Å². The molecule has 0 saturated heterocycles. The van der Waals surface area contributed by atoms with E-state index >= 15 is 0 Å². The summed E-state index contributed by atoms with van der Waals surface area (Å²) in [6.07, 6.45) is 1.61. The van der Waals surface area contributed by atoms with Crippen LogP contribution in [0.2, 0.25) is 0 Å². The maximum atomic E-state index is 9.31. The minimum atomic E-state index is -1.21. The molecule has 0 aliphatic carbocycles. The standard InChI is InChI=1S/C76H100N4P2.C3H6NO.2ClH.Ru/c1-45(2)61-37-55(38-62(46(3)4)73(61)77(17)18)81(56-39-63(47(5)6)74(78(19)20)64(40-56)48(7)8)69-35-33-53-29-25-27-31-59(53)71(69)72-60-32-28-26-30-54(60)34-36-70(72)82(57-41-65(49(9)10)75(79(21)22)66(42-57)50(11)12)58-43-67(51(13)14)76(80(23)24)68(44-58)52(15)16;1-4(2)3-5;;;/h25-52H,1-24H3;1-2H3;2*1H;/q;-1;;;+2/p-2. The average Bonchev–Trinajstić information content (AvgIpc) is 0.731. The van der Waals surface area contributed by atoms with Crippen LogP contribution in [-0.4, -0.2) is 81.8 Å². The number of carbonyl (C=O) groups excluding carboxylic acids is 1. The van der Waals surface area contributed by atoms with Gasteiger partial charge in [-0.2, -0.15) is 6.41 Å². The van der Waals surface area contributed by atoms with E-state index in [1.165, 1.54) is 137 Å². The third-order valence-electron chi connectivity index (χ3n) is 17.1. The van der Waals surface area contributed by atoms with Gasteiger partial charge in [0.05, 0.1) is 0 Å². The SMILES string of the molecule is CC(C)c1cc(P(c2cc(C(C)C)c(N(C)C)c(C(C)C)c2)c2ccc3ccccc3c2-c2c(P(c3cc(C(C)C)c(N(C)C)c(C(C)C)c3)c3cc(C(C)C)c(N(C)C)c(C(C)C)c3)ccc3ccccc23)cc(C(C)C)c1N(C)C.CN(C)[C-]=O.[Cl][Ru][Cl]. The first-order valence-electron chi connectivity index (χ1n) is 32.3. The molecule has 0 saturated carbocycles. The van der Waals surface area contributed by atoms with E-state index in [9.17, 15) is 4.79 Å². The molecule has 486 valence electrons. The van der Waals surface area contributed by atoms with Gasteiger partial charge in [-0.3, -0.25) is 0 Å². The predicted octanol–water partition coefficient (Wildman–Crippen LogP) is 19.4. The van der Waals surface area contributed by atoms with Crippen LogP contribution >= 0.6 is 35.2 Å². The van der Waals surface area contributed by atoms with Crippen LogP contribution < -0.4 is 51.4 Å². The Labute approximate surface area is 563 Å². The predicted molar refractivity (Wildman–Crippen MR) is 405 cm³/mol. The molecule has 0 aromatic heterocycles. The molecule has 0 atom stereocenters. The van der Waals surface area contributed by atoms with Crippen molar-refractivity contribution in [3.63, 3.8) is 0 Å². The van der Waals surface area contributed by atoms with E-state index in [1.54, 1.807) is 20.5 Å². The van der Waals surface area contributed by atoms with Crippen molar-refractivity contribution in [3.05, 3.63) is 166 Å². The number of nitrogens with zero attached hydrogens (tertiary/aromatic N) is 5. The maximum absolute atomic E-state index is 9.31. The molecule has 0 spiro atoms. The third-order valence-corrected chi connectivity index (χ3v) is 21.9. The van der Waals surface area contributed by atoms with Crippen LogP contribution in [0.5, 0.6) is 0 Å². The van der Waals surface area contributed by atoms with Crippen LogP contribution in [0.15, 0.2) is 121 Å². The molecule has 8 aromatic carbocycles. The van der Waals surface area contributed by atoms with E-state index in [1.807, 2.05) is 0 Å². The van der Waals surface area contributed by atoms with E-state index in [2.05, 4.69) is 308 Å². The van der Waals surface area contributed by atoms with Gasteiger partial charge in [0.1, 0.15) is 0 Å². The second-order valence-corrected chi connectivity index (χ2v) is 34.8. The Morgan fingerprint density at radius 3 is 0.689 bits per heavy atom. The number of rotatable bonds is 20. The van der Waals surface area contributed by atoms with Crippen molar-refractivity contribution in [2.75, 3.05) is 90.1 Å². The van der Waals surface area contributed by atoms with Crippen molar-refractivity contribution >= 4 is 118 Å². The first kappa shape index (κ1) is 74.1. The molecule has 0 radical (unpaired) electrons. The summed E-state index contributed by atoms with van der Waals surface area (Å²) in [5.41, 5.74) is 19.5. The Hall–Kier alpha value is -4.99. The minimum absolute atomic E-state index is 0.320. The van der Waals surface area contributed by atoms with Gasteiger partial charge >= 0.3 is 34.5 Å². The van der Waals surface area contributed by atoms with Gasteiger partial charge in [0.25, 0.3) is 0 Å². The van der Waals surface area contributed by atoms with Gasteiger partial charge in [0, 0.05) is 79.1 Å². The second kappa shape index (κ2) is 32.2. The zero-order valence-electron chi connectivity index (χ0n) is 59.3. The number of fused-ring (bicyclic) bond motifs is 2. The molecule has 90 heavy (non-hydrogen) atoms. The zero-order chi connectivity index (χ0) is 67.1.